The van der Waals surface area contributed by atoms with Gasteiger partial charge in [0.15, 0.2) is 0 Å². The molecule has 0 aromatic carbocycles. The lowest BCUT2D eigenvalue weighted by atomic mass is 10.1. The fourth-order valence-electron chi connectivity index (χ4n) is 1.90. The first-order valence-electron chi connectivity index (χ1n) is 4.64. The molecule has 0 heterocycles. The maximum absolute atomic E-state index is 11.2. The summed E-state index contributed by atoms with van der Waals surface area (Å²) >= 11 is 0. The zero-order valence-electron chi connectivity index (χ0n) is 8.34. The number of rotatable bonds is 3. The fourth-order valence-corrected chi connectivity index (χ4v) is 2.97. The molecule has 0 saturated heterocycles. The molecule has 84 valence electrons. The summed E-state index contributed by atoms with van der Waals surface area (Å²) in [6, 6.07) is 0. The van der Waals surface area contributed by atoms with Crippen molar-refractivity contribution in [1.82, 2.24) is 4.72 Å². The standard InChI is InChI=1S/C8H17NO4S/c1-5-3-6(8(11)7(5)10)4-14(12,13)9-2/h5-11H,3-4H2,1-2H3/t5-,6-,7+,8-/m1/s1. The molecule has 4 atom stereocenters. The second-order valence-electron chi connectivity index (χ2n) is 3.94. The Morgan fingerprint density at radius 3 is 2.29 bits per heavy atom. The van der Waals surface area contributed by atoms with E-state index in [2.05, 4.69) is 4.72 Å². The van der Waals surface area contributed by atoms with Crippen LogP contribution in [-0.4, -0.2) is 43.6 Å². The van der Waals surface area contributed by atoms with Crippen molar-refractivity contribution in [1.29, 1.82) is 0 Å². The third-order valence-electron chi connectivity index (χ3n) is 2.83. The maximum atomic E-state index is 11.2. The molecule has 6 heteroatoms. The molecule has 0 radical (unpaired) electrons. The summed E-state index contributed by atoms with van der Waals surface area (Å²) in [6.45, 7) is 1.81. The highest BCUT2D eigenvalue weighted by Gasteiger charge is 2.40. The smallest absolute Gasteiger partial charge is 0.211 e. The second-order valence-corrected chi connectivity index (χ2v) is 5.91. The van der Waals surface area contributed by atoms with Crippen LogP contribution in [0.5, 0.6) is 0 Å². The van der Waals surface area contributed by atoms with Crippen molar-refractivity contribution in [3.8, 4) is 0 Å². The Hall–Kier alpha value is -0.170. The lowest BCUT2D eigenvalue weighted by Crippen LogP contribution is -2.34. The van der Waals surface area contributed by atoms with Crippen LogP contribution in [0.15, 0.2) is 0 Å². The van der Waals surface area contributed by atoms with Crippen molar-refractivity contribution < 1.29 is 18.6 Å². The van der Waals surface area contributed by atoms with Crippen LogP contribution in [0.4, 0.5) is 0 Å². The Kier molecular flexibility index (Phi) is 3.52. The highest BCUT2D eigenvalue weighted by molar-refractivity contribution is 7.89. The van der Waals surface area contributed by atoms with Gasteiger partial charge < -0.3 is 10.2 Å². The van der Waals surface area contributed by atoms with E-state index < -0.39 is 22.2 Å². The predicted octanol–water partition coefficient (Wildman–Crippen LogP) is -1.09. The first kappa shape index (κ1) is 11.9. The van der Waals surface area contributed by atoms with Gasteiger partial charge in [-0.15, -0.1) is 0 Å². The molecule has 0 aliphatic heterocycles. The van der Waals surface area contributed by atoms with Crippen molar-refractivity contribution in [2.24, 2.45) is 11.8 Å². The van der Waals surface area contributed by atoms with Gasteiger partial charge in [0.05, 0.1) is 18.0 Å². The van der Waals surface area contributed by atoms with E-state index in [1.165, 1.54) is 7.05 Å². The average molecular weight is 223 g/mol. The van der Waals surface area contributed by atoms with Crippen LogP contribution < -0.4 is 4.72 Å². The highest BCUT2D eigenvalue weighted by atomic mass is 32.2. The summed E-state index contributed by atoms with van der Waals surface area (Å²) in [4.78, 5) is 0. The van der Waals surface area contributed by atoms with Crippen LogP contribution in [0.3, 0.4) is 0 Å². The zero-order valence-corrected chi connectivity index (χ0v) is 9.16. The van der Waals surface area contributed by atoms with E-state index in [1.54, 1.807) is 6.92 Å². The van der Waals surface area contributed by atoms with E-state index in [-0.39, 0.29) is 17.6 Å². The number of aliphatic hydroxyl groups is 2. The minimum atomic E-state index is -3.30. The van der Waals surface area contributed by atoms with Crippen LogP contribution in [0.2, 0.25) is 0 Å². The summed E-state index contributed by atoms with van der Waals surface area (Å²) in [5.74, 6) is -0.522. The van der Waals surface area contributed by atoms with Crippen LogP contribution in [0, 0.1) is 11.8 Å². The van der Waals surface area contributed by atoms with E-state index in [4.69, 9.17) is 0 Å². The van der Waals surface area contributed by atoms with Crippen molar-refractivity contribution in [2.45, 2.75) is 25.6 Å². The van der Waals surface area contributed by atoms with Gasteiger partial charge in [-0.3, -0.25) is 0 Å². The molecular formula is C8H17NO4S. The van der Waals surface area contributed by atoms with Gasteiger partial charge in [-0.2, -0.15) is 0 Å². The van der Waals surface area contributed by atoms with Gasteiger partial charge >= 0.3 is 0 Å². The Bertz CT molecular complexity index is 290. The zero-order chi connectivity index (χ0) is 10.9. The summed E-state index contributed by atoms with van der Waals surface area (Å²) < 4.78 is 24.6. The van der Waals surface area contributed by atoms with Crippen LogP contribution in [0.1, 0.15) is 13.3 Å². The Balaban J connectivity index is 2.64. The normalized spacial score (nSPS) is 38.9. The lowest BCUT2D eigenvalue weighted by molar-refractivity contribution is 0.0103. The van der Waals surface area contributed by atoms with Crippen molar-refractivity contribution in [3.05, 3.63) is 0 Å². The van der Waals surface area contributed by atoms with E-state index in [0.717, 1.165) is 0 Å². The molecule has 1 fully saturated rings. The molecule has 0 spiro atoms. The molecule has 0 aromatic rings. The van der Waals surface area contributed by atoms with E-state index in [0.29, 0.717) is 6.42 Å². The number of nitrogens with one attached hydrogen (secondary N) is 1. The molecule has 14 heavy (non-hydrogen) atoms. The van der Waals surface area contributed by atoms with Gasteiger partial charge in [-0.1, -0.05) is 6.92 Å². The van der Waals surface area contributed by atoms with Gasteiger partial charge in [0.2, 0.25) is 10.0 Å². The Labute approximate surface area is 84.2 Å². The van der Waals surface area contributed by atoms with Gasteiger partial charge in [-0.05, 0) is 19.4 Å². The molecule has 0 aromatic heterocycles. The number of sulfonamides is 1. The molecule has 0 bridgehead atoms. The van der Waals surface area contributed by atoms with Gasteiger partial charge in [0.25, 0.3) is 0 Å². The first-order chi connectivity index (χ1) is 6.37. The first-order valence-corrected chi connectivity index (χ1v) is 6.30. The fraction of sp³-hybridized carbons (Fsp3) is 1.00. The molecule has 1 saturated carbocycles. The second kappa shape index (κ2) is 4.14. The molecule has 1 aliphatic rings. The van der Waals surface area contributed by atoms with E-state index in [9.17, 15) is 18.6 Å². The SMILES string of the molecule is CNS(=O)(=O)C[C@H]1C[C@@H](C)[C@H](O)[C@@H]1O. The van der Waals surface area contributed by atoms with E-state index in [1.807, 2.05) is 0 Å². The van der Waals surface area contributed by atoms with Crippen molar-refractivity contribution in [2.75, 3.05) is 12.8 Å². The molecular weight excluding hydrogens is 206 g/mol. The van der Waals surface area contributed by atoms with Gasteiger partial charge in [0.1, 0.15) is 0 Å². The molecule has 3 N–H and O–H groups in total. The quantitative estimate of drug-likeness (QED) is 0.567. The number of aliphatic hydroxyl groups excluding tert-OH is 2. The molecule has 5 nitrogen and oxygen atoms in total. The number of hydrogen-bond donors (Lipinski definition) is 3. The monoisotopic (exact) mass is 223 g/mol. The largest absolute Gasteiger partial charge is 0.390 e. The van der Waals surface area contributed by atoms with Crippen LogP contribution in [-0.2, 0) is 10.0 Å². The van der Waals surface area contributed by atoms with Crippen LogP contribution in [0.25, 0.3) is 0 Å². The third kappa shape index (κ3) is 2.44. The Morgan fingerprint density at radius 1 is 1.36 bits per heavy atom. The molecule has 1 rings (SSSR count). The summed E-state index contributed by atoms with van der Waals surface area (Å²) in [5.41, 5.74) is 0. The third-order valence-corrected chi connectivity index (χ3v) is 4.32. The minimum absolute atomic E-state index is 0.0398. The maximum Gasteiger partial charge on any atom is 0.211 e. The van der Waals surface area contributed by atoms with E-state index >= 15 is 0 Å². The summed E-state index contributed by atoms with van der Waals surface area (Å²) in [5, 5.41) is 19.0. The number of hydrogen-bond acceptors (Lipinski definition) is 4. The van der Waals surface area contributed by atoms with Crippen molar-refractivity contribution >= 4 is 10.0 Å². The summed E-state index contributed by atoms with van der Waals surface area (Å²) in [6.07, 6.45) is -1.18. The van der Waals surface area contributed by atoms with Gasteiger partial charge in [-0.25, -0.2) is 13.1 Å². The lowest BCUT2D eigenvalue weighted by Gasteiger charge is -2.15. The predicted molar refractivity (Wildman–Crippen MR) is 52.1 cm³/mol. The topological polar surface area (TPSA) is 86.6 Å². The molecule has 0 unspecified atom stereocenters. The van der Waals surface area contributed by atoms with Gasteiger partial charge in [0, 0.05) is 5.92 Å². The Morgan fingerprint density at radius 2 is 1.93 bits per heavy atom. The highest BCUT2D eigenvalue weighted by Crippen LogP contribution is 2.32. The minimum Gasteiger partial charge on any atom is -0.390 e. The van der Waals surface area contributed by atoms with Crippen LogP contribution >= 0.6 is 0 Å². The van der Waals surface area contributed by atoms with Crippen molar-refractivity contribution in [3.63, 3.8) is 0 Å². The summed E-state index contributed by atoms with van der Waals surface area (Å²) in [7, 11) is -1.96. The molecule has 1 aliphatic carbocycles. The average Bonchev–Trinajstić information content (AvgIpc) is 2.33. The molecule has 0 amide bonds.